The van der Waals surface area contributed by atoms with E-state index in [-0.39, 0.29) is 18.3 Å². The van der Waals surface area contributed by atoms with Gasteiger partial charge in [-0.15, -0.1) is 0 Å². The molecule has 2 N–H and O–H groups in total. The van der Waals surface area contributed by atoms with Gasteiger partial charge >= 0.3 is 0 Å². The summed E-state index contributed by atoms with van der Waals surface area (Å²) in [5.74, 6) is 1.60. The molecule has 0 unspecified atom stereocenters. The maximum absolute atomic E-state index is 5.73. The van der Waals surface area contributed by atoms with Crippen molar-refractivity contribution in [1.82, 2.24) is 10.1 Å². The topological polar surface area (TPSA) is 83.4 Å². The molecule has 1 aliphatic heterocycles. The number of hydrogen-bond acceptors (Lipinski definition) is 6. The lowest BCUT2D eigenvalue weighted by Gasteiger charge is -2.11. The molecule has 2 rings (SSSR count). The fourth-order valence-corrected chi connectivity index (χ4v) is 2.02. The van der Waals surface area contributed by atoms with E-state index in [1.54, 1.807) is 0 Å². The molecule has 0 amide bonds. The SMILES string of the molecule is CC(C)CO[C@H](C)c1noc([C@@H]2CC[C@H](CN)O2)n1. The summed E-state index contributed by atoms with van der Waals surface area (Å²) in [5.41, 5.74) is 5.58. The first-order chi connectivity index (χ1) is 9.10. The lowest BCUT2D eigenvalue weighted by Crippen LogP contribution is -2.18. The van der Waals surface area contributed by atoms with Crippen LogP contribution in [0.25, 0.3) is 0 Å². The maximum Gasteiger partial charge on any atom is 0.255 e. The number of nitrogens with two attached hydrogens (primary N) is 1. The zero-order valence-corrected chi connectivity index (χ0v) is 11.8. The first kappa shape index (κ1) is 14.4. The molecule has 0 spiro atoms. The lowest BCUT2D eigenvalue weighted by atomic mass is 10.2. The molecule has 1 saturated heterocycles. The van der Waals surface area contributed by atoms with E-state index in [9.17, 15) is 0 Å². The van der Waals surface area contributed by atoms with E-state index in [2.05, 4.69) is 24.0 Å². The van der Waals surface area contributed by atoms with Crippen LogP contribution in [0.1, 0.15) is 57.5 Å². The van der Waals surface area contributed by atoms with E-state index in [0.29, 0.717) is 30.8 Å². The highest BCUT2D eigenvalue weighted by molar-refractivity contribution is 4.95. The van der Waals surface area contributed by atoms with Crippen molar-refractivity contribution in [3.63, 3.8) is 0 Å². The van der Waals surface area contributed by atoms with Gasteiger partial charge in [-0.3, -0.25) is 0 Å². The van der Waals surface area contributed by atoms with Gasteiger partial charge in [-0.05, 0) is 25.7 Å². The number of hydrogen-bond donors (Lipinski definition) is 1. The summed E-state index contributed by atoms with van der Waals surface area (Å²) in [6.45, 7) is 7.35. The predicted octanol–water partition coefficient (Wildman–Crippen LogP) is 1.98. The third-order valence-electron chi connectivity index (χ3n) is 3.15. The van der Waals surface area contributed by atoms with Gasteiger partial charge in [0.2, 0.25) is 0 Å². The van der Waals surface area contributed by atoms with Gasteiger partial charge in [0.05, 0.1) is 6.10 Å². The highest BCUT2D eigenvalue weighted by Gasteiger charge is 2.30. The molecule has 0 bridgehead atoms. The Kier molecular flexibility index (Phi) is 4.90. The fourth-order valence-electron chi connectivity index (χ4n) is 2.02. The van der Waals surface area contributed by atoms with Crippen LogP contribution in [0.15, 0.2) is 4.52 Å². The minimum absolute atomic E-state index is 0.106. The summed E-state index contributed by atoms with van der Waals surface area (Å²) in [6.07, 6.45) is 1.65. The van der Waals surface area contributed by atoms with Crippen LogP contribution in [-0.2, 0) is 9.47 Å². The second-order valence-corrected chi connectivity index (χ2v) is 5.42. The first-order valence-corrected chi connectivity index (χ1v) is 6.90. The standard InChI is InChI=1S/C13H23N3O3/c1-8(2)7-17-9(3)12-15-13(19-16-12)11-5-4-10(6-14)18-11/h8-11H,4-7,14H2,1-3H3/t9-,10-,11+/m1/s1. The van der Waals surface area contributed by atoms with Gasteiger partial charge in [0, 0.05) is 13.2 Å². The molecule has 3 atom stereocenters. The van der Waals surface area contributed by atoms with Gasteiger partial charge in [0.25, 0.3) is 5.89 Å². The summed E-state index contributed by atoms with van der Waals surface area (Å²) in [5, 5.41) is 3.97. The molecular weight excluding hydrogens is 246 g/mol. The van der Waals surface area contributed by atoms with Crippen LogP contribution in [0.3, 0.4) is 0 Å². The molecule has 1 aromatic rings. The lowest BCUT2D eigenvalue weighted by molar-refractivity contribution is 0.0306. The molecule has 6 heteroatoms. The summed E-state index contributed by atoms with van der Waals surface area (Å²) in [7, 11) is 0. The van der Waals surface area contributed by atoms with Crippen LogP contribution >= 0.6 is 0 Å². The molecule has 0 saturated carbocycles. The van der Waals surface area contributed by atoms with Crippen molar-refractivity contribution in [3.8, 4) is 0 Å². The van der Waals surface area contributed by atoms with Crippen molar-refractivity contribution in [2.45, 2.75) is 51.9 Å². The minimum Gasteiger partial charge on any atom is -0.370 e. The Morgan fingerprint density at radius 3 is 2.79 bits per heavy atom. The van der Waals surface area contributed by atoms with E-state index >= 15 is 0 Å². The third kappa shape index (κ3) is 3.75. The van der Waals surface area contributed by atoms with Gasteiger partial charge < -0.3 is 19.7 Å². The maximum atomic E-state index is 5.73. The van der Waals surface area contributed by atoms with Gasteiger partial charge in [0.15, 0.2) is 5.82 Å². The minimum atomic E-state index is -0.161. The Morgan fingerprint density at radius 2 is 2.16 bits per heavy atom. The summed E-state index contributed by atoms with van der Waals surface area (Å²) in [6, 6.07) is 0. The zero-order valence-electron chi connectivity index (χ0n) is 11.8. The first-order valence-electron chi connectivity index (χ1n) is 6.90. The summed E-state index contributed by atoms with van der Waals surface area (Å²) < 4.78 is 16.7. The Morgan fingerprint density at radius 1 is 1.37 bits per heavy atom. The average Bonchev–Trinajstić information content (AvgIpc) is 3.03. The number of aromatic nitrogens is 2. The monoisotopic (exact) mass is 269 g/mol. The predicted molar refractivity (Wildman–Crippen MR) is 69.4 cm³/mol. The van der Waals surface area contributed by atoms with Gasteiger partial charge in [-0.1, -0.05) is 19.0 Å². The van der Waals surface area contributed by atoms with Crippen LogP contribution in [0, 0.1) is 5.92 Å². The van der Waals surface area contributed by atoms with E-state index in [1.807, 2.05) is 6.92 Å². The molecule has 1 aliphatic rings. The van der Waals surface area contributed by atoms with Crippen LogP contribution in [0.4, 0.5) is 0 Å². The van der Waals surface area contributed by atoms with Gasteiger partial charge in [-0.2, -0.15) is 4.98 Å². The van der Waals surface area contributed by atoms with E-state index in [0.717, 1.165) is 12.8 Å². The number of rotatable bonds is 6. The smallest absolute Gasteiger partial charge is 0.255 e. The van der Waals surface area contributed by atoms with Crippen molar-refractivity contribution in [3.05, 3.63) is 11.7 Å². The van der Waals surface area contributed by atoms with Gasteiger partial charge in [-0.25, -0.2) is 0 Å². The Hall–Kier alpha value is -0.980. The summed E-state index contributed by atoms with van der Waals surface area (Å²) >= 11 is 0. The van der Waals surface area contributed by atoms with Crippen molar-refractivity contribution in [1.29, 1.82) is 0 Å². The van der Waals surface area contributed by atoms with Crippen LogP contribution in [-0.4, -0.2) is 29.4 Å². The largest absolute Gasteiger partial charge is 0.370 e. The van der Waals surface area contributed by atoms with Crippen LogP contribution in [0.5, 0.6) is 0 Å². The van der Waals surface area contributed by atoms with Crippen molar-refractivity contribution in [2.24, 2.45) is 11.7 Å². The van der Waals surface area contributed by atoms with E-state index in [4.69, 9.17) is 19.7 Å². The number of nitrogens with zero attached hydrogens (tertiary/aromatic N) is 2. The molecule has 0 aromatic carbocycles. The Bertz CT molecular complexity index is 394. The molecule has 1 fully saturated rings. The number of ether oxygens (including phenoxy) is 2. The highest BCUT2D eigenvalue weighted by Crippen LogP contribution is 2.31. The normalized spacial score (nSPS) is 25.1. The zero-order chi connectivity index (χ0) is 13.8. The van der Waals surface area contributed by atoms with Crippen molar-refractivity contribution in [2.75, 3.05) is 13.2 Å². The molecule has 6 nitrogen and oxygen atoms in total. The van der Waals surface area contributed by atoms with Gasteiger partial charge in [0.1, 0.15) is 12.2 Å². The molecule has 108 valence electrons. The molecular formula is C13H23N3O3. The highest BCUT2D eigenvalue weighted by atomic mass is 16.5. The molecule has 0 radical (unpaired) electrons. The Labute approximate surface area is 113 Å². The molecule has 0 aliphatic carbocycles. The van der Waals surface area contributed by atoms with Crippen LogP contribution in [0.2, 0.25) is 0 Å². The fraction of sp³-hybridized carbons (Fsp3) is 0.846. The van der Waals surface area contributed by atoms with E-state index < -0.39 is 0 Å². The second-order valence-electron chi connectivity index (χ2n) is 5.42. The quantitative estimate of drug-likeness (QED) is 0.850. The average molecular weight is 269 g/mol. The third-order valence-corrected chi connectivity index (χ3v) is 3.15. The second kappa shape index (κ2) is 6.45. The van der Waals surface area contributed by atoms with Crippen LogP contribution < -0.4 is 5.73 Å². The molecule has 19 heavy (non-hydrogen) atoms. The summed E-state index contributed by atoms with van der Waals surface area (Å²) in [4.78, 5) is 4.37. The van der Waals surface area contributed by atoms with Crippen molar-refractivity contribution < 1.29 is 14.0 Å². The molecule has 2 heterocycles. The van der Waals surface area contributed by atoms with Crippen molar-refractivity contribution >= 4 is 0 Å². The molecule has 1 aromatic heterocycles. The Balaban J connectivity index is 1.91. The van der Waals surface area contributed by atoms with E-state index in [1.165, 1.54) is 0 Å².